The molecular formula is C17H12BrCl6O. The molecule has 0 bridgehead atoms. The second-order valence-electron chi connectivity index (χ2n) is 5.21. The SMILES string of the molecule is COc1ccc(C=C[C@@H]2[CH]C(C(Cl)(Cl)Cl)=CC(C(Cl)(Cl)Cl)=C2)cc1Br. The first-order valence-electron chi connectivity index (χ1n) is 6.95. The van der Waals surface area contributed by atoms with Crippen LogP contribution in [-0.2, 0) is 0 Å². The smallest absolute Gasteiger partial charge is 0.215 e. The standard InChI is InChI=1S/C17H12BrCl6O/c1-25-15-5-4-10(8-14(15)18)2-3-11-6-12(16(19,20)21)9-13(7-11)17(22,23)24/h2-9,11H,1H3. The van der Waals surface area contributed by atoms with E-state index in [9.17, 15) is 0 Å². The van der Waals surface area contributed by atoms with Gasteiger partial charge in [0, 0.05) is 12.3 Å². The van der Waals surface area contributed by atoms with E-state index in [0.717, 1.165) is 15.8 Å². The lowest BCUT2D eigenvalue weighted by atomic mass is 9.90. The number of rotatable bonds is 3. The molecule has 2 rings (SSSR count). The summed E-state index contributed by atoms with van der Waals surface area (Å²) in [5, 5.41) is 0. The minimum absolute atomic E-state index is 0.192. The van der Waals surface area contributed by atoms with Crippen molar-refractivity contribution < 1.29 is 4.74 Å². The van der Waals surface area contributed by atoms with Crippen LogP contribution in [0.25, 0.3) is 6.08 Å². The highest BCUT2D eigenvalue weighted by atomic mass is 79.9. The van der Waals surface area contributed by atoms with E-state index < -0.39 is 7.59 Å². The third-order valence-corrected chi connectivity index (χ3v) is 5.33. The Morgan fingerprint density at radius 3 is 2.20 bits per heavy atom. The molecule has 135 valence electrons. The highest BCUT2D eigenvalue weighted by Gasteiger charge is 2.34. The van der Waals surface area contributed by atoms with Gasteiger partial charge in [0.1, 0.15) is 5.75 Å². The van der Waals surface area contributed by atoms with Crippen LogP contribution in [0.5, 0.6) is 5.75 Å². The molecule has 1 aliphatic carbocycles. The van der Waals surface area contributed by atoms with E-state index in [2.05, 4.69) is 15.9 Å². The van der Waals surface area contributed by atoms with Crippen molar-refractivity contribution in [2.24, 2.45) is 5.92 Å². The Morgan fingerprint density at radius 1 is 1.04 bits per heavy atom. The van der Waals surface area contributed by atoms with Crippen LogP contribution in [-0.4, -0.2) is 14.7 Å². The van der Waals surface area contributed by atoms with Crippen LogP contribution in [0.2, 0.25) is 0 Å². The van der Waals surface area contributed by atoms with Crippen molar-refractivity contribution in [1.29, 1.82) is 0 Å². The van der Waals surface area contributed by atoms with Gasteiger partial charge in [-0.25, -0.2) is 0 Å². The summed E-state index contributed by atoms with van der Waals surface area (Å²) >= 11 is 39.4. The van der Waals surface area contributed by atoms with Gasteiger partial charge in [-0.15, -0.1) is 0 Å². The summed E-state index contributed by atoms with van der Waals surface area (Å²) in [6.07, 6.45) is 9.05. The number of allylic oxidation sites excluding steroid dienone is 5. The topological polar surface area (TPSA) is 9.23 Å². The molecule has 1 aliphatic rings. The molecule has 0 saturated heterocycles. The van der Waals surface area contributed by atoms with E-state index in [4.69, 9.17) is 74.3 Å². The van der Waals surface area contributed by atoms with E-state index in [1.807, 2.05) is 42.8 Å². The Balaban J connectivity index is 2.28. The number of alkyl halides is 6. The molecule has 1 nitrogen and oxygen atoms in total. The van der Waals surface area contributed by atoms with Crippen molar-refractivity contribution in [2.75, 3.05) is 7.11 Å². The lowest BCUT2D eigenvalue weighted by Gasteiger charge is -2.26. The number of ether oxygens (including phenoxy) is 1. The molecule has 0 amide bonds. The predicted octanol–water partition coefficient (Wildman–Crippen LogP) is 7.90. The van der Waals surface area contributed by atoms with Crippen molar-refractivity contribution in [1.82, 2.24) is 0 Å². The molecule has 0 unspecified atom stereocenters. The number of hydrogen-bond donors (Lipinski definition) is 0. The van der Waals surface area contributed by atoms with Gasteiger partial charge in [-0.05, 0) is 44.8 Å². The minimum Gasteiger partial charge on any atom is -0.496 e. The summed E-state index contributed by atoms with van der Waals surface area (Å²) < 4.78 is 2.85. The van der Waals surface area contributed by atoms with Gasteiger partial charge in [0.15, 0.2) is 0 Å². The Bertz CT molecular complexity index is 728. The number of halogens is 7. The molecular weight excluding hydrogens is 513 g/mol. The Morgan fingerprint density at radius 2 is 1.68 bits per heavy atom. The highest BCUT2D eigenvalue weighted by Crippen LogP contribution is 2.45. The molecule has 1 aromatic rings. The number of hydrogen-bond acceptors (Lipinski definition) is 1. The quantitative estimate of drug-likeness (QED) is 0.365. The van der Waals surface area contributed by atoms with E-state index in [-0.39, 0.29) is 5.92 Å². The molecule has 0 spiro atoms. The summed E-state index contributed by atoms with van der Waals surface area (Å²) in [6, 6.07) is 5.72. The summed E-state index contributed by atoms with van der Waals surface area (Å²) in [6.45, 7) is 0. The highest BCUT2D eigenvalue weighted by molar-refractivity contribution is 9.10. The molecule has 25 heavy (non-hydrogen) atoms. The van der Waals surface area contributed by atoms with Crippen LogP contribution in [0.15, 0.2) is 52.0 Å². The van der Waals surface area contributed by atoms with Crippen molar-refractivity contribution in [2.45, 2.75) is 7.59 Å². The van der Waals surface area contributed by atoms with Crippen molar-refractivity contribution >= 4 is 91.6 Å². The maximum Gasteiger partial charge on any atom is 0.215 e. The predicted molar refractivity (Wildman–Crippen MR) is 114 cm³/mol. The largest absolute Gasteiger partial charge is 0.496 e. The van der Waals surface area contributed by atoms with E-state index in [1.54, 1.807) is 13.2 Å². The fourth-order valence-corrected chi connectivity index (χ4v) is 3.46. The minimum atomic E-state index is -1.61. The van der Waals surface area contributed by atoms with Gasteiger partial charge in [-0.3, -0.25) is 0 Å². The fraction of sp³-hybridized carbons (Fsp3) is 0.235. The molecule has 0 N–H and O–H groups in total. The molecule has 1 aromatic carbocycles. The Kier molecular flexibility index (Phi) is 7.52. The Hall–Kier alpha value is 0.460. The third kappa shape index (κ3) is 6.24. The van der Waals surface area contributed by atoms with E-state index >= 15 is 0 Å². The van der Waals surface area contributed by atoms with Gasteiger partial charge in [0.25, 0.3) is 0 Å². The monoisotopic (exact) mass is 521 g/mol. The summed E-state index contributed by atoms with van der Waals surface area (Å²) in [4.78, 5) is 0. The molecule has 0 saturated carbocycles. The first kappa shape index (κ1) is 21.8. The molecule has 8 heteroatoms. The Labute approximate surface area is 185 Å². The number of methoxy groups -OCH3 is 1. The molecule has 1 radical (unpaired) electrons. The lowest BCUT2D eigenvalue weighted by Crippen LogP contribution is -2.19. The fourth-order valence-electron chi connectivity index (χ4n) is 2.20. The summed E-state index contributed by atoms with van der Waals surface area (Å²) in [5.74, 6) is 0.559. The number of benzene rings is 1. The van der Waals surface area contributed by atoms with E-state index in [0.29, 0.717) is 11.1 Å². The van der Waals surface area contributed by atoms with Gasteiger partial charge in [0.05, 0.1) is 11.6 Å². The third-order valence-electron chi connectivity index (χ3n) is 3.40. The van der Waals surface area contributed by atoms with Crippen LogP contribution in [0, 0.1) is 12.3 Å². The average molecular weight is 525 g/mol. The van der Waals surface area contributed by atoms with Crippen LogP contribution in [0.4, 0.5) is 0 Å². The first-order valence-corrected chi connectivity index (χ1v) is 10.0. The van der Waals surface area contributed by atoms with Crippen molar-refractivity contribution in [3.63, 3.8) is 0 Å². The average Bonchev–Trinajstić information content (AvgIpc) is 2.51. The van der Waals surface area contributed by atoms with Crippen LogP contribution in [0.3, 0.4) is 0 Å². The maximum absolute atomic E-state index is 5.99. The van der Waals surface area contributed by atoms with E-state index in [1.165, 1.54) is 0 Å². The van der Waals surface area contributed by atoms with Crippen LogP contribution >= 0.6 is 85.5 Å². The molecule has 1 atom stereocenters. The second kappa shape index (κ2) is 8.65. The van der Waals surface area contributed by atoms with Crippen LogP contribution in [0.1, 0.15) is 5.56 Å². The maximum atomic E-state index is 5.99. The van der Waals surface area contributed by atoms with Crippen molar-refractivity contribution in [3.05, 3.63) is 64.0 Å². The van der Waals surface area contributed by atoms with Gasteiger partial charge in [0.2, 0.25) is 7.59 Å². The normalized spacial score (nSPS) is 19.0. The van der Waals surface area contributed by atoms with Crippen molar-refractivity contribution in [3.8, 4) is 5.75 Å². The van der Waals surface area contributed by atoms with Gasteiger partial charge >= 0.3 is 0 Å². The van der Waals surface area contributed by atoms with Gasteiger partial charge < -0.3 is 4.74 Å². The molecule has 0 aliphatic heterocycles. The second-order valence-corrected chi connectivity index (χ2v) is 10.6. The summed E-state index contributed by atoms with van der Waals surface area (Å²) in [7, 11) is 1.61. The zero-order valence-electron chi connectivity index (χ0n) is 12.8. The zero-order chi connectivity index (χ0) is 18.8. The molecule has 0 aromatic heterocycles. The zero-order valence-corrected chi connectivity index (χ0v) is 18.9. The van der Waals surface area contributed by atoms with Crippen LogP contribution < -0.4 is 4.74 Å². The lowest BCUT2D eigenvalue weighted by molar-refractivity contribution is 0.412. The summed E-state index contributed by atoms with van der Waals surface area (Å²) in [5.41, 5.74) is 1.87. The van der Waals surface area contributed by atoms with Gasteiger partial charge in [-0.2, -0.15) is 0 Å². The molecule has 0 heterocycles. The van der Waals surface area contributed by atoms with Gasteiger partial charge in [-0.1, -0.05) is 100.0 Å². The molecule has 0 fully saturated rings. The first-order chi connectivity index (χ1) is 11.5.